The molecular weight excluding hydrogens is 268 g/mol. The van der Waals surface area contributed by atoms with Crippen molar-refractivity contribution in [1.29, 1.82) is 5.26 Å². The molecule has 2 aromatic carbocycles. The molecule has 0 spiro atoms. The Morgan fingerprint density at radius 1 is 1.10 bits per heavy atom. The van der Waals surface area contributed by atoms with Crippen LogP contribution in [0.25, 0.3) is 22.0 Å². The van der Waals surface area contributed by atoms with Gasteiger partial charge in [-0.3, -0.25) is 0 Å². The number of benzene rings is 2. The molecule has 1 heterocycles. The first-order chi connectivity index (χ1) is 9.70. The van der Waals surface area contributed by atoms with Gasteiger partial charge in [0, 0.05) is 10.9 Å². The number of nitriles is 1. The lowest BCUT2D eigenvalue weighted by atomic mass is 9.96. The lowest BCUT2D eigenvalue weighted by Crippen LogP contribution is -1.93. The lowest BCUT2D eigenvalue weighted by Gasteiger charge is -2.10. The van der Waals surface area contributed by atoms with Crippen LogP contribution in [0, 0.1) is 18.3 Å². The van der Waals surface area contributed by atoms with Gasteiger partial charge >= 0.3 is 0 Å². The molecule has 0 bridgehead atoms. The molecule has 1 aromatic heterocycles. The standard InChI is InChI=1S/C17H11ClN2/c1-11-7-8-13-15(9-11)20-17(18)14(10-19)16(13)12-5-3-2-4-6-12/h2-9H,1H3. The Morgan fingerprint density at radius 3 is 2.55 bits per heavy atom. The van der Waals surface area contributed by atoms with Crippen molar-refractivity contribution >= 4 is 22.5 Å². The number of aryl methyl sites for hydroxylation is 1. The number of halogens is 1. The molecule has 3 rings (SSSR count). The van der Waals surface area contributed by atoms with Gasteiger partial charge in [-0.2, -0.15) is 5.26 Å². The summed E-state index contributed by atoms with van der Waals surface area (Å²) >= 11 is 6.18. The van der Waals surface area contributed by atoms with Gasteiger partial charge in [0.1, 0.15) is 11.2 Å². The second kappa shape index (κ2) is 4.96. The van der Waals surface area contributed by atoms with Gasteiger partial charge in [0.25, 0.3) is 0 Å². The average Bonchev–Trinajstić information content (AvgIpc) is 2.46. The fraction of sp³-hybridized carbons (Fsp3) is 0.0588. The van der Waals surface area contributed by atoms with Crippen LogP contribution in [0.5, 0.6) is 0 Å². The fourth-order valence-corrected chi connectivity index (χ4v) is 2.58. The van der Waals surface area contributed by atoms with Crippen molar-refractivity contribution in [2.75, 3.05) is 0 Å². The van der Waals surface area contributed by atoms with Gasteiger partial charge in [-0.25, -0.2) is 4.98 Å². The Labute approximate surface area is 122 Å². The van der Waals surface area contributed by atoms with Crippen molar-refractivity contribution in [2.24, 2.45) is 0 Å². The molecule has 0 aliphatic heterocycles. The second-order valence-corrected chi connectivity index (χ2v) is 5.01. The molecule has 0 aliphatic carbocycles. The van der Waals surface area contributed by atoms with E-state index in [0.717, 1.165) is 27.6 Å². The molecule has 0 fully saturated rings. The minimum atomic E-state index is 0.254. The molecule has 0 saturated heterocycles. The summed E-state index contributed by atoms with van der Waals surface area (Å²) in [4.78, 5) is 4.34. The van der Waals surface area contributed by atoms with Gasteiger partial charge in [-0.1, -0.05) is 54.1 Å². The summed E-state index contributed by atoms with van der Waals surface area (Å²) in [7, 11) is 0. The molecule has 0 radical (unpaired) electrons. The second-order valence-electron chi connectivity index (χ2n) is 4.65. The third kappa shape index (κ3) is 2.03. The molecular formula is C17H11ClN2. The van der Waals surface area contributed by atoms with Gasteiger partial charge in [0.05, 0.1) is 11.1 Å². The normalized spacial score (nSPS) is 10.4. The quantitative estimate of drug-likeness (QED) is 0.603. The number of nitrogens with zero attached hydrogens (tertiary/aromatic N) is 2. The zero-order valence-corrected chi connectivity index (χ0v) is 11.6. The van der Waals surface area contributed by atoms with Crippen molar-refractivity contribution in [3.05, 3.63) is 64.8 Å². The monoisotopic (exact) mass is 278 g/mol. The number of hydrogen-bond donors (Lipinski definition) is 0. The highest BCUT2D eigenvalue weighted by molar-refractivity contribution is 6.31. The summed E-state index contributed by atoms with van der Waals surface area (Å²) in [6.45, 7) is 2.01. The predicted octanol–water partition coefficient (Wildman–Crippen LogP) is 4.74. The highest BCUT2D eigenvalue weighted by Gasteiger charge is 2.15. The van der Waals surface area contributed by atoms with E-state index in [4.69, 9.17) is 11.6 Å². The molecule has 0 N–H and O–H groups in total. The molecule has 20 heavy (non-hydrogen) atoms. The summed E-state index contributed by atoms with van der Waals surface area (Å²) < 4.78 is 0. The van der Waals surface area contributed by atoms with Crippen LogP contribution in [0.4, 0.5) is 0 Å². The Kier molecular flexibility index (Phi) is 3.14. The van der Waals surface area contributed by atoms with Gasteiger partial charge in [-0.15, -0.1) is 0 Å². The molecule has 3 aromatic rings. The summed E-state index contributed by atoms with van der Waals surface area (Å²) in [6.07, 6.45) is 0. The Balaban J connectivity index is 2.47. The minimum absolute atomic E-state index is 0.254. The van der Waals surface area contributed by atoms with Crippen molar-refractivity contribution < 1.29 is 0 Å². The number of aromatic nitrogens is 1. The SMILES string of the molecule is Cc1ccc2c(-c3ccccc3)c(C#N)c(Cl)nc2c1. The van der Waals surface area contributed by atoms with Crippen LogP contribution < -0.4 is 0 Å². The summed E-state index contributed by atoms with van der Waals surface area (Å²) in [5, 5.41) is 10.6. The topological polar surface area (TPSA) is 36.7 Å². The van der Waals surface area contributed by atoms with Crippen LogP contribution in [-0.4, -0.2) is 4.98 Å². The van der Waals surface area contributed by atoms with Crippen molar-refractivity contribution in [1.82, 2.24) is 4.98 Å². The number of fused-ring (bicyclic) bond motifs is 1. The molecule has 0 aliphatic rings. The Hall–Kier alpha value is -2.37. The maximum Gasteiger partial charge on any atom is 0.148 e. The molecule has 3 heteroatoms. The van der Waals surface area contributed by atoms with Crippen LogP contribution in [-0.2, 0) is 0 Å². The van der Waals surface area contributed by atoms with E-state index in [1.54, 1.807) is 0 Å². The van der Waals surface area contributed by atoms with Crippen LogP contribution >= 0.6 is 11.6 Å². The van der Waals surface area contributed by atoms with E-state index in [1.165, 1.54) is 0 Å². The number of rotatable bonds is 1. The fourth-order valence-electron chi connectivity index (χ4n) is 2.35. The summed E-state index contributed by atoms with van der Waals surface area (Å²) in [5.41, 5.74) is 4.18. The van der Waals surface area contributed by atoms with E-state index >= 15 is 0 Å². The number of pyridine rings is 1. The van der Waals surface area contributed by atoms with Gasteiger partial charge in [0.2, 0.25) is 0 Å². The van der Waals surface area contributed by atoms with E-state index in [0.29, 0.717) is 5.56 Å². The van der Waals surface area contributed by atoms with E-state index in [2.05, 4.69) is 11.1 Å². The molecule has 2 nitrogen and oxygen atoms in total. The largest absolute Gasteiger partial charge is 0.235 e. The molecule has 96 valence electrons. The maximum atomic E-state index is 9.40. The van der Waals surface area contributed by atoms with Gasteiger partial charge < -0.3 is 0 Å². The van der Waals surface area contributed by atoms with Gasteiger partial charge in [-0.05, 0) is 24.1 Å². The minimum Gasteiger partial charge on any atom is -0.235 e. The first-order valence-corrected chi connectivity index (χ1v) is 6.64. The highest BCUT2D eigenvalue weighted by atomic mass is 35.5. The first kappa shape index (κ1) is 12.7. The zero-order valence-electron chi connectivity index (χ0n) is 10.9. The molecule has 0 amide bonds. The van der Waals surface area contributed by atoms with Crippen molar-refractivity contribution in [2.45, 2.75) is 6.92 Å². The lowest BCUT2D eigenvalue weighted by molar-refractivity contribution is 1.35. The van der Waals surface area contributed by atoms with E-state index in [1.807, 2.05) is 55.5 Å². The molecule has 0 saturated carbocycles. The summed E-state index contributed by atoms with van der Waals surface area (Å²) in [5.74, 6) is 0. The van der Waals surface area contributed by atoms with Gasteiger partial charge in [0.15, 0.2) is 0 Å². The third-order valence-electron chi connectivity index (χ3n) is 3.27. The molecule has 0 unspecified atom stereocenters. The number of hydrogen-bond acceptors (Lipinski definition) is 2. The predicted molar refractivity (Wildman–Crippen MR) is 81.6 cm³/mol. The molecule has 0 atom stereocenters. The van der Waals surface area contributed by atoms with Crippen molar-refractivity contribution in [3.8, 4) is 17.2 Å². The average molecular weight is 279 g/mol. The first-order valence-electron chi connectivity index (χ1n) is 6.26. The highest BCUT2D eigenvalue weighted by Crippen LogP contribution is 2.34. The van der Waals surface area contributed by atoms with Crippen LogP contribution in [0.1, 0.15) is 11.1 Å². The van der Waals surface area contributed by atoms with Crippen molar-refractivity contribution in [3.63, 3.8) is 0 Å². The smallest absolute Gasteiger partial charge is 0.148 e. The Bertz CT molecular complexity index is 833. The third-order valence-corrected chi connectivity index (χ3v) is 3.55. The van der Waals surface area contributed by atoms with E-state index in [-0.39, 0.29) is 5.15 Å². The maximum absolute atomic E-state index is 9.40. The van der Waals surface area contributed by atoms with E-state index in [9.17, 15) is 5.26 Å². The zero-order chi connectivity index (χ0) is 14.1. The van der Waals surface area contributed by atoms with Crippen LogP contribution in [0.15, 0.2) is 48.5 Å². The van der Waals surface area contributed by atoms with Crippen LogP contribution in [0.3, 0.4) is 0 Å². The summed E-state index contributed by atoms with van der Waals surface area (Å²) in [6, 6.07) is 18.0. The van der Waals surface area contributed by atoms with Crippen LogP contribution in [0.2, 0.25) is 5.15 Å². The van der Waals surface area contributed by atoms with E-state index < -0.39 is 0 Å². The Morgan fingerprint density at radius 2 is 1.85 bits per heavy atom.